The highest BCUT2D eigenvalue weighted by Gasteiger charge is 2.28. The van der Waals surface area contributed by atoms with Crippen LogP contribution in [-0.2, 0) is 39.3 Å². The smallest absolute Gasteiger partial charge is 0.242 e. The molecule has 3 aromatic carbocycles. The molecule has 0 radical (unpaired) electrons. The fourth-order valence-corrected chi connectivity index (χ4v) is 5.28. The Morgan fingerprint density at radius 1 is 0.902 bits per heavy atom. The molecular formula is C29H35Cl3N4O4S. The number of rotatable bonds is 12. The molecule has 0 bridgehead atoms. The van der Waals surface area contributed by atoms with Gasteiger partial charge in [0.1, 0.15) is 6.04 Å². The molecule has 1 atom stereocenters. The lowest BCUT2D eigenvalue weighted by molar-refractivity contribution is -0.135. The van der Waals surface area contributed by atoms with Crippen LogP contribution in [0.1, 0.15) is 16.7 Å². The van der Waals surface area contributed by atoms with Crippen LogP contribution in [0.15, 0.2) is 72.8 Å². The van der Waals surface area contributed by atoms with Crippen molar-refractivity contribution in [1.82, 2.24) is 14.9 Å². The van der Waals surface area contributed by atoms with Crippen LogP contribution >= 0.6 is 35.6 Å². The van der Waals surface area contributed by atoms with Gasteiger partial charge in [-0.3, -0.25) is 10.1 Å². The molecule has 0 saturated carbocycles. The van der Waals surface area contributed by atoms with E-state index in [0.29, 0.717) is 49.4 Å². The number of para-hydroxylation sites is 1. The van der Waals surface area contributed by atoms with E-state index in [-0.39, 0.29) is 31.5 Å². The monoisotopic (exact) mass is 640 g/mol. The zero-order valence-electron chi connectivity index (χ0n) is 22.8. The molecule has 0 spiro atoms. The summed E-state index contributed by atoms with van der Waals surface area (Å²) < 4.78 is 31.7. The Morgan fingerprint density at radius 3 is 2.27 bits per heavy atom. The normalized spacial score (nSPS) is 14.4. The second-order valence-electron chi connectivity index (χ2n) is 9.72. The molecule has 0 aliphatic carbocycles. The second kappa shape index (κ2) is 15.7. The average Bonchev–Trinajstić information content (AvgIpc) is 2.95. The van der Waals surface area contributed by atoms with Crippen molar-refractivity contribution in [3.63, 3.8) is 0 Å². The summed E-state index contributed by atoms with van der Waals surface area (Å²) in [5.41, 5.74) is 3.82. The predicted molar refractivity (Wildman–Crippen MR) is 167 cm³/mol. The van der Waals surface area contributed by atoms with Crippen LogP contribution in [0.25, 0.3) is 0 Å². The van der Waals surface area contributed by atoms with Crippen molar-refractivity contribution in [3.8, 4) is 0 Å². The highest BCUT2D eigenvalue weighted by molar-refractivity contribution is 7.88. The molecule has 1 saturated heterocycles. The third kappa shape index (κ3) is 10.1. The molecule has 1 unspecified atom stereocenters. The number of halogens is 3. The minimum absolute atomic E-state index is 0. The fourth-order valence-electron chi connectivity index (χ4n) is 4.54. The Labute approximate surface area is 258 Å². The van der Waals surface area contributed by atoms with Crippen molar-refractivity contribution < 1.29 is 17.9 Å². The number of benzene rings is 3. The maximum atomic E-state index is 13.6. The summed E-state index contributed by atoms with van der Waals surface area (Å²) in [5, 5.41) is 4.33. The summed E-state index contributed by atoms with van der Waals surface area (Å²) in [6.45, 7) is 3.62. The van der Waals surface area contributed by atoms with Gasteiger partial charge in [0, 0.05) is 45.0 Å². The Bertz CT molecular complexity index is 1390. The fraction of sp³-hybridized carbons (Fsp3) is 0.345. The van der Waals surface area contributed by atoms with Crippen LogP contribution in [0.3, 0.4) is 0 Å². The van der Waals surface area contributed by atoms with E-state index in [1.54, 1.807) is 12.1 Å². The molecule has 3 aromatic rings. The highest BCUT2D eigenvalue weighted by Crippen LogP contribution is 2.24. The van der Waals surface area contributed by atoms with Crippen LogP contribution in [-0.4, -0.2) is 64.3 Å². The van der Waals surface area contributed by atoms with E-state index in [2.05, 4.69) is 14.9 Å². The van der Waals surface area contributed by atoms with Gasteiger partial charge in [0.25, 0.3) is 0 Å². The van der Waals surface area contributed by atoms with E-state index in [1.807, 2.05) is 65.6 Å². The molecule has 1 aliphatic heterocycles. The zero-order chi connectivity index (χ0) is 28.5. The van der Waals surface area contributed by atoms with E-state index in [4.69, 9.17) is 27.9 Å². The molecule has 2 N–H and O–H groups in total. The first-order chi connectivity index (χ1) is 19.2. The predicted octanol–water partition coefficient (Wildman–Crippen LogP) is 4.49. The molecule has 41 heavy (non-hydrogen) atoms. The molecule has 222 valence electrons. The van der Waals surface area contributed by atoms with E-state index in [1.165, 1.54) is 0 Å². The van der Waals surface area contributed by atoms with Gasteiger partial charge in [-0.1, -0.05) is 77.8 Å². The van der Waals surface area contributed by atoms with Gasteiger partial charge in [0.15, 0.2) is 0 Å². The maximum absolute atomic E-state index is 13.6. The lowest BCUT2D eigenvalue weighted by Crippen LogP contribution is -2.55. The largest absolute Gasteiger partial charge is 0.375 e. The number of piperazine rings is 1. The number of hydrogen-bond acceptors (Lipinski definition) is 6. The molecule has 0 aromatic heterocycles. The van der Waals surface area contributed by atoms with E-state index >= 15 is 0 Å². The summed E-state index contributed by atoms with van der Waals surface area (Å²) >= 11 is 12.2. The van der Waals surface area contributed by atoms with Crippen molar-refractivity contribution in [2.45, 2.75) is 25.7 Å². The number of nitrogens with zero attached hydrogens (tertiary/aromatic N) is 2. The van der Waals surface area contributed by atoms with Crippen molar-refractivity contribution in [3.05, 3.63) is 99.5 Å². The van der Waals surface area contributed by atoms with Gasteiger partial charge in [0.2, 0.25) is 15.9 Å². The standard InChI is InChI=1S/C29H34Cl2N4O4S.ClH/c1-40(37,38)33-19-24-9-5-6-10-28(24)34-13-15-35(16-14-34)29(36)27(32-18-22-7-3-2-4-8-22)21-39-20-23-11-12-25(30)26(31)17-23;/h2-12,17,27,32-33H,13-16,18-21H2,1H3;1H. The summed E-state index contributed by atoms with van der Waals surface area (Å²) in [5.74, 6) is -0.0169. The molecule has 1 heterocycles. The molecule has 12 heteroatoms. The topological polar surface area (TPSA) is 91.0 Å². The first-order valence-electron chi connectivity index (χ1n) is 13.0. The summed E-state index contributed by atoms with van der Waals surface area (Å²) in [6, 6.07) is 22.5. The van der Waals surface area contributed by atoms with E-state index < -0.39 is 16.1 Å². The average molecular weight is 642 g/mol. The lowest BCUT2D eigenvalue weighted by Gasteiger charge is -2.38. The SMILES string of the molecule is CS(=O)(=O)NCc1ccccc1N1CCN(C(=O)C(COCc2ccc(Cl)c(Cl)c2)NCc2ccccc2)CC1.Cl. The van der Waals surface area contributed by atoms with Crippen LogP contribution < -0.4 is 14.9 Å². The maximum Gasteiger partial charge on any atom is 0.242 e. The molecule has 1 amide bonds. The van der Waals surface area contributed by atoms with Crippen molar-refractivity contribution in [2.75, 3.05) is 43.9 Å². The summed E-state index contributed by atoms with van der Waals surface area (Å²) in [6.07, 6.45) is 1.15. The van der Waals surface area contributed by atoms with Crippen molar-refractivity contribution in [1.29, 1.82) is 0 Å². The quantitative estimate of drug-likeness (QED) is 0.303. The molecule has 8 nitrogen and oxygen atoms in total. The van der Waals surface area contributed by atoms with Gasteiger partial charge < -0.3 is 14.5 Å². The Hall–Kier alpha value is -2.37. The minimum atomic E-state index is -3.31. The number of anilines is 1. The number of carbonyl (C=O) groups excluding carboxylic acids is 1. The van der Waals surface area contributed by atoms with Gasteiger partial charge >= 0.3 is 0 Å². The van der Waals surface area contributed by atoms with Gasteiger partial charge in [0.05, 0.1) is 29.5 Å². The van der Waals surface area contributed by atoms with E-state index in [0.717, 1.165) is 28.6 Å². The van der Waals surface area contributed by atoms with Crippen LogP contribution in [0.4, 0.5) is 5.69 Å². The third-order valence-corrected chi connectivity index (χ3v) is 8.09. The van der Waals surface area contributed by atoms with Crippen molar-refractivity contribution >= 4 is 57.2 Å². The zero-order valence-corrected chi connectivity index (χ0v) is 25.9. The minimum Gasteiger partial charge on any atom is -0.375 e. The van der Waals surface area contributed by atoms with Crippen molar-refractivity contribution in [2.24, 2.45) is 0 Å². The summed E-state index contributed by atoms with van der Waals surface area (Å²) in [7, 11) is -3.31. The molecule has 1 aliphatic rings. The first kappa shape index (κ1) is 33.1. The molecule has 4 rings (SSSR count). The van der Waals surface area contributed by atoms with Crippen LogP contribution in [0.5, 0.6) is 0 Å². The molecular weight excluding hydrogens is 607 g/mol. The van der Waals surface area contributed by atoms with Gasteiger partial charge in [-0.2, -0.15) is 0 Å². The Kier molecular flexibility index (Phi) is 12.7. The first-order valence-corrected chi connectivity index (χ1v) is 15.7. The van der Waals surface area contributed by atoms with Crippen LogP contribution in [0, 0.1) is 0 Å². The lowest BCUT2D eigenvalue weighted by atomic mass is 10.1. The highest BCUT2D eigenvalue weighted by atomic mass is 35.5. The van der Waals surface area contributed by atoms with Gasteiger partial charge in [-0.15, -0.1) is 12.4 Å². The summed E-state index contributed by atoms with van der Waals surface area (Å²) in [4.78, 5) is 17.7. The number of hydrogen-bond donors (Lipinski definition) is 2. The van der Waals surface area contributed by atoms with E-state index in [9.17, 15) is 13.2 Å². The number of amides is 1. The Balaban J connectivity index is 0.00000462. The second-order valence-corrected chi connectivity index (χ2v) is 12.4. The van der Waals surface area contributed by atoms with Crippen LogP contribution in [0.2, 0.25) is 10.0 Å². The number of nitrogens with one attached hydrogen (secondary N) is 2. The van der Waals surface area contributed by atoms with Gasteiger partial charge in [-0.25, -0.2) is 13.1 Å². The third-order valence-electron chi connectivity index (χ3n) is 6.68. The number of carbonyl (C=O) groups is 1. The number of ether oxygens (including phenoxy) is 1. The number of sulfonamides is 1. The Morgan fingerprint density at radius 2 is 1.59 bits per heavy atom. The van der Waals surface area contributed by atoms with Gasteiger partial charge in [-0.05, 0) is 34.9 Å². The molecule has 1 fully saturated rings.